The molecule has 0 fully saturated rings. The highest BCUT2D eigenvalue weighted by molar-refractivity contribution is 7.47. The molecule has 0 saturated carbocycles. The van der Waals surface area contributed by atoms with Gasteiger partial charge in [-0.2, -0.15) is 0 Å². The molecule has 0 bridgehead atoms. The molecule has 0 rings (SSSR count). The van der Waals surface area contributed by atoms with Crippen molar-refractivity contribution >= 4 is 19.7 Å². The number of phosphoric acid groups is 1. The van der Waals surface area contributed by atoms with Crippen LogP contribution in [0.2, 0.25) is 0 Å². The van der Waals surface area contributed by atoms with Gasteiger partial charge in [-0.3, -0.25) is 18.6 Å². The first-order chi connectivity index (χ1) is 33.9. The maximum Gasteiger partial charge on any atom is 0.472 e. The second-order valence-electron chi connectivity index (χ2n) is 20.4. The zero-order valence-corrected chi connectivity index (χ0v) is 47.1. The van der Waals surface area contributed by atoms with E-state index in [1.165, 1.54) is 116 Å². The first-order valence-corrected chi connectivity index (χ1v) is 30.3. The van der Waals surface area contributed by atoms with Crippen molar-refractivity contribution < 1.29 is 37.3 Å². The molecule has 70 heavy (non-hydrogen) atoms. The first-order valence-electron chi connectivity index (χ1n) is 28.8. The number of esters is 1. The first kappa shape index (κ1) is 67.5. The third-order valence-corrected chi connectivity index (χ3v) is 13.4. The van der Waals surface area contributed by atoms with Crippen molar-refractivity contribution in [3.63, 3.8) is 0 Å². The zero-order chi connectivity index (χ0) is 51.5. The number of amides is 1. The Labute approximate surface area is 432 Å². The van der Waals surface area contributed by atoms with Crippen molar-refractivity contribution in [2.45, 2.75) is 258 Å². The summed E-state index contributed by atoms with van der Waals surface area (Å²) >= 11 is 0. The Morgan fingerprint density at radius 1 is 0.514 bits per heavy atom. The van der Waals surface area contributed by atoms with Crippen molar-refractivity contribution in [1.82, 2.24) is 5.32 Å². The predicted octanol–water partition coefficient (Wildman–Crippen LogP) is 17.3. The van der Waals surface area contributed by atoms with Crippen molar-refractivity contribution in [3.8, 4) is 0 Å². The fraction of sp³-hybridized carbons (Fsp3) is 0.767. The van der Waals surface area contributed by atoms with E-state index in [-0.39, 0.29) is 31.5 Å². The van der Waals surface area contributed by atoms with Crippen molar-refractivity contribution in [2.75, 3.05) is 40.9 Å². The summed E-state index contributed by atoms with van der Waals surface area (Å²) in [6.45, 7) is 6.87. The van der Waals surface area contributed by atoms with Crippen molar-refractivity contribution in [3.05, 3.63) is 72.9 Å². The van der Waals surface area contributed by atoms with Crippen LogP contribution in [0.25, 0.3) is 0 Å². The molecule has 0 aromatic heterocycles. The van der Waals surface area contributed by atoms with Gasteiger partial charge < -0.3 is 19.4 Å². The number of likely N-dealkylation sites (N-methyl/N-ethyl adjacent to an activating group) is 1. The Morgan fingerprint density at radius 3 is 1.39 bits per heavy atom. The van der Waals surface area contributed by atoms with E-state index in [1.807, 2.05) is 33.3 Å². The van der Waals surface area contributed by atoms with Crippen LogP contribution in [0.3, 0.4) is 0 Å². The van der Waals surface area contributed by atoms with Gasteiger partial charge in [0.15, 0.2) is 0 Å². The summed E-state index contributed by atoms with van der Waals surface area (Å²) in [7, 11) is 1.47. The van der Waals surface area contributed by atoms with E-state index in [2.05, 4.69) is 86.8 Å². The molecule has 9 nitrogen and oxygen atoms in total. The van der Waals surface area contributed by atoms with Gasteiger partial charge in [0.25, 0.3) is 0 Å². The predicted molar refractivity (Wildman–Crippen MR) is 300 cm³/mol. The summed E-state index contributed by atoms with van der Waals surface area (Å²) in [6, 6.07) is -0.861. The number of hydrogen-bond acceptors (Lipinski definition) is 6. The molecule has 0 saturated heterocycles. The smallest absolute Gasteiger partial charge is 0.456 e. The molecule has 0 radical (unpaired) electrons. The van der Waals surface area contributed by atoms with Crippen molar-refractivity contribution in [2.24, 2.45) is 0 Å². The number of ether oxygens (including phenoxy) is 1. The summed E-state index contributed by atoms with van der Waals surface area (Å²) < 4.78 is 30.6. The van der Waals surface area contributed by atoms with Crippen LogP contribution in [0.5, 0.6) is 0 Å². The number of hydrogen-bond donors (Lipinski definition) is 2. The molecular formula is C60H110N2O7P+. The van der Waals surface area contributed by atoms with Gasteiger partial charge in [0.05, 0.1) is 33.8 Å². The van der Waals surface area contributed by atoms with Crippen LogP contribution in [-0.4, -0.2) is 74.3 Å². The van der Waals surface area contributed by atoms with Gasteiger partial charge in [0.1, 0.15) is 19.3 Å². The van der Waals surface area contributed by atoms with Crippen LogP contribution in [0, 0.1) is 0 Å². The van der Waals surface area contributed by atoms with E-state index >= 15 is 0 Å². The Kier molecular flexibility index (Phi) is 48.2. The molecule has 0 aromatic rings. The molecule has 0 aromatic carbocycles. The largest absolute Gasteiger partial charge is 0.472 e. The summed E-state index contributed by atoms with van der Waals surface area (Å²) in [6.07, 6.45) is 63.2. The quantitative estimate of drug-likeness (QED) is 0.0205. The van der Waals surface area contributed by atoms with Gasteiger partial charge >= 0.3 is 13.8 Å². The molecule has 0 heterocycles. The fourth-order valence-electron chi connectivity index (χ4n) is 7.97. The molecule has 1 amide bonds. The number of rotatable bonds is 51. The van der Waals surface area contributed by atoms with Crippen LogP contribution < -0.4 is 5.32 Å². The summed E-state index contributed by atoms with van der Waals surface area (Å²) in [5, 5.41) is 3.04. The van der Waals surface area contributed by atoms with Gasteiger partial charge in [-0.25, -0.2) is 4.57 Å². The van der Waals surface area contributed by atoms with Crippen LogP contribution >= 0.6 is 7.82 Å². The molecule has 0 aliphatic heterocycles. The number of carbonyl (C=O) groups is 2. The molecule has 0 aliphatic carbocycles. The summed E-state index contributed by atoms with van der Waals surface area (Å²) in [5.74, 6) is -0.542. The Bertz CT molecular complexity index is 1430. The molecular weight excluding hydrogens is 892 g/mol. The fourth-order valence-corrected chi connectivity index (χ4v) is 8.70. The molecule has 0 aliphatic rings. The molecule has 3 atom stereocenters. The highest BCUT2D eigenvalue weighted by atomic mass is 31.2. The van der Waals surface area contributed by atoms with E-state index in [0.29, 0.717) is 23.9 Å². The average molecular weight is 1000 g/mol. The minimum absolute atomic E-state index is 0.0333. The SMILES string of the molecule is CC/C=C\C/C=C\C/C=C\C/C=C\C/C=C\CCCCCC(=O)OC(/C=C/CCCCCCCCCCCC)C(COP(=O)(O)OCC[N+](C)(C)C)NC(=O)CCCCCCCCCCCCCCC. The number of allylic oxidation sites excluding steroid dienone is 11. The Hall–Kier alpha value is -2.55. The standard InChI is InChI=1S/C60H109N2O7P/c1-7-10-13-16-19-22-25-28-29-30-31-32-33-35-38-41-44-47-50-53-60(64)69-58(51-48-45-42-39-36-27-24-21-18-15-12-9-3)57(56-68-70(65,66)67-55-54-62(4,5)6)61-59(63)52-49-46-43-40-37-34-26-23-20-17-14-11-8-2/h10,13,19,22,28-29,31-32,35,38,48,51,57-58H,7-9,11-12,14-18,20-21,23-27,30,33-34,36-37,39-47,49-50,52-56H2,1-6H3,(H-,61,63,65,66)/p+1/b13-10-,22-19-,29-28-,32-31-,38-35-,51-48+. The minimum Gasteiger partial charge on any atom is -0.456 e. The van der Waals surface area contributed by atoms with Crippen LogP contribution in [0.15, 0.2) is 72.9 Å². The number of unbranched alkanes of at least 4 members (excludes halogenated alkanes) is 25. The summed E-state index contributed by atoms with van der Waals surface area (Å²) in [5.41, 5.74) is 0. The monoisotopic (exact) mass is 1000 g/mol. The molecule has 3 unspecified atom stereocenters. The number of phosphoric ester groups is 1. The van der Waals surface area contributed by atoms with Gasteiger partial charge in [-0.1, -0.05) is 229 Å². The topological polar surface area (TPSA) is 111 Å². The third-order valence-electron chi connectivity index (χ3n) is 12.4. The van der Waals surface area contributed by atoms with Gasteiger partial charge in [-0.15, -0.1) is 0 Å². The van der Waals surface area contributed by atoms with Crippen molar-refractivity contribution in [1.29, 1.82) is 0 Å². The van der Waals surface area contributed by atoms with Crippen LogP contribution in [-0.2, 0) is 27.9 Å². The van der Waals surface area contributed by atoms with E-state index < -0.39 is 20.0 Å². The van der Waals surface area contributed by atoms with Gasteiger partial charge in [0.2, 0.25) is 5.91 Å². The highest BCUT2D eigenvalue weighted by Crippen LogP contribution is 2.43. The lowest BCUT2D eigenvalue weighted by atomic mass is 10.0. The lowest BCUT2D eigenvalue weighted by Crippen LogP contribution is -2.47. The molecule has 0 spiro atoms. The van der Waals surface area contributed by atoms with E-state index in [0.717, 1.165) is 89.9 Å². The van der Waals surface area contributed by atoms with Crippen LogP contribution in [0.1, 0.15) is 245 Å². The lowest BCUT2D eigenvalue weighted by molar-refractivity contribution is -0.870. The van der Waals surface area contributed by atoms with E-state index in [1.54, 1.807) is 0 Å². The lowest BCUT2D eigenvalue weighted by Gasteiger charge is -2.27. The van der Waals surface area contributed by atoms with Gasteiger partial charge in [-0.05, 0) is 76.7 Å². The number of nitrogens with zero attached hydrogens (tertiary/aromatic N) is 1. The second-order valence-corrected chi connectivity index (χ2v) is 21.9. The molecule has 2 N–H and O–H groups in total. The van der Waals surface area contributed by atoms with E-state index in [4.69, 9.17) is 13.8 Å². The molecule has 10 heteroatoms. The van der Waals surface area contributed by atoms with E-state index in [9.17, 15) is 19.0 Å². The number of nitrogens with one attached hydrogen (secondary N) is 1. The van der Waals surface area contributed by atoms with Crippen LogP contribution in [0.4, 0.5) is 0 Å². The Balaban J connectivity index is 5.39. The third kappa shape index (κ3) is 50.4. The number of carbonyl (C=O) groups excluding carboxylic acids is 2. The summed E-state index contributed by atoms with van der Waals surface area (Å²) in [4.78, 5) is 37.6. The number of quaternary nitrogens is 1. The Morgan fingerprint density at radius 2 is 0.914 bits per heavy atom. The molecule has 406 valence electrons. The second kappa shape index (κ2) is 50.0. The normalized spacial score (nSPS) is 14.3. The zero-order valence-electron chi connectivity index (χ0n) is 46.2. The maximum absolute atomic E-state index is 13.5. The minimum atomic E-state index is -4.45. The highest BCUT2D eigenvalue weighted by Gasteiger charge is 2.30. The van der Waals surface area contributed by atoms with Gasteiger partial charge in [0, 0.05) is 12.8 Å². The maximum atomic E-state index is 13.5. The average Bonchev–Trinajstić information content (AvgIpc) is 3.32.